The summed E-state index contributed by atoms with van der Waals surface area (Å²) in [6.07, 6.45) is 3.54. The highest BCUT2D eigenvalue weighted by molar-refractivity contribution is 9.10. The average Bonchev–Trinajstić information content (AvgIpc) is 2.67. The van der Waals surface area contributed by atoms with Crippen LogP contribution in [-0.2, 0) is 4.79 Å². The highest BCUT2D eigenvalue weighted by Gasteiger charge is 2.25. The molecule has 146 valence electrons. The van der Waals surface area contributed by atoms with Crippen LogP contribution in [-0.4, -0.2) is 29.8 Å². The minimum absolute atomic E-state index is 0.139. The van der Waals surface area contributed by atoms with Crippen molar-refractivity contribution in [2.24, 2.45) is 5.92 Å². The molecule has 0 saturated carbocycles. The van der Waals surface area contributed by atoms with E-state index in [9.17, 15) is 14.0 Å². The van der Waals surface area contributed by atoms with Gasteiger partial charge in [-0.25, -0.2) is 4.39 Å². The molecule has 6 heteroatoms. The third kappa shape index (κ3) is 5.07. The Balaban J connectivity index is 1.91. The number of amides is 2. The molecule has 0 bridgehead atoms. The van der Waals surface area contributed by atoms with Crippen molar-refractivity contribution < 1.29 is 14.0 Å². The molecule has 1 atom stereocenters. The first-order valence-electron chi connectivity index (χ1n) is 9.26. The van der Waals surface area contributed by atoms with Crippen molar-refractivity contribution in [3.8, 4) is 0 Å². The number of benzene rings is 2. The number of halogens is 2. The van der Waals surface area contributed by atoms with E-state index in [1.807, 2.05) is 6.07 Å². The first-order chi connectivity index (χ1) is 13.4. The monoisotopic (exact) mass is 444 g/mol. The molecule has 1 unspecified atom stereocenters. The number of carbonyl (C=O) groups is 2. The van der Waals surface area contributed by atoms with Crippen LogP contribution in [0.2, 0.25) is 0 Å². The van der Waals surface area contributed by atoms with Gasteiger partial charge in [0, 0.05) is 17.6 Å². The van der Waals surface area contributed by atoms with E-state index < -0.39 is 11.7 Å². The summed E-state index contributed by atoms with van der Waals surface area (Å²) in [6.45, 7) is 3.40. The molecule has 1 fully saturated rings. The zero-order valence-corrected chi connectivity index (χ0v) is 17.2. The first-order valence-corrected chi connectivity index (χ1v) is 10.1. The fourth-order valence-corrected chi connectivity index (χ4v) is 3.76. The van der Waals surface area contributed by atoms with Gasteiger partial charge < -0.3 is 10.2 Å². The normalized spacial score (nSPS) is 17.3. The molecule has 0 spiro atoms. The lowest BCUT2D eigenvalue weighted by molar-refractivity contribution is -0.129. The molecule has 0 aliphatic carbocycles. The number of nitrogens with zero attached hydrogens (tertiary/aromatic N) is 1. The minimum Gasteiger partial charge on any atom is -0.337 e. The molecular formula is C22H22BrFN2O2. The third-order valence-electron chi connectivity index (χ3n) is 4.70. The maximum atomic E-state index is 13.6. The highest BCUT2D eigenvalue weighted by Crippen LogP contribution is 2.20. The molecule has 0 aromatic heterocycles. The molecule has 2 aromatic carbocycles. The number of hydrogen-bond donors (Lipinski definition) is 1. The van der Waals surface area contributed by atoms with Crippen molar-refractivity contribution in [3.05, 3.63) is 75.6 Å². The molecular weight excluding hydrogens is 423 g/mol. The van der Waals surface area contributed by atoms with Gasteiger partial charge >= 0.3 is 0 Å². The van der Waals surface area contributed by atoms with Gasteiger partial charge in [0.2, 0.25) is 0 Å². The number of hydrogen-bond acceptors (Lipinski definition) is 2. The van der Waals surface area contributed by atoms with E-state index >= 15 is 0 Å². The van der Waals surface area contributed by atoms with Gasteiger partial charge in [0.1, 0.15) is 11.5 Å². The zero-order valence-electron chi connectivity index (χ0n) is 15.6. The molecule has 2 amide bonds. The maximum Gasteiger partial charge on any atom is 0.270 e. The van der Waals surface area contributed by atoms with Gasteiger partial charge in [0.15, 0.2) is 0 Å². The van der Waals surface area contributed by atoms with Crippen molar-refractivity contribution in [1.82, 2.24) is 10.2 Å². The topological polar surface area (TPSA) is 49.4 Å². The van der Waals surface area contributed by atoms with Crippen LogP contribution in [0.1, 0.15) is 35.7 Å². The van der Waals surface area contributed by atoms with Gasteiger partial charge in [0.25, 0.3) is 11.8 Å². The third-order valence-corrected chi connectivity index (χ3v) is 5.39. The fourth-order valence-electron chi connectivity index (χ4n) is 3.29. The van der Waals surface area contributed by atoms with Gasteiger partial charge in [-0.1, -0.05) is 31.2 Å². The van der Waals surface area contributed by atoms with Crippen molar-refractivity contribution >= 4 is 33.8 Å². The highest BCUT2D eigenvalue weighted by atomic mass is 79.9. The molecule has 1 saturated heterocycles. The minimum atomic E-state index is -0.399. The van der Waals surface area contributed by atoms with Crippen molar-refractivity contribution in [2.45, 2.75) is 19.8 Å². The van der Waals surface area contributed by atoms with Gasteiger partial charge in [-0.05, 0) is 70.6 Å². The van der Waals surface area contributed by atoms with E-state index in [0.29, 0.717) is 34.6 Å². The molecule has 1 aliphatic rings. The summed E-state index contributed by atoms with van der Waals surface area (Å²) >= 11 is 3.36. The van der Waals surface area contributed by atoms with Gasteiger partial charge in [0.05, 0.1) is 5.56 Å². The van der Waals surface area contributed by atoms with E-state index in [1.54, 1.807) is 35.2 Å². The van der Waals surface area contributed by atoms with Crippen molar-refractivity contribution in [1.29, 1.82) is 0 Å². The molecule has 1 aliphatic heterocycles. The number of rotatable bonds is 4. The van der Waals surface area contributed by atoms with E-state index in [1.165, 1.54) is 18.2 Å². The summed E-state index contributed by atoms with van der Waals surface area (Å²) in [5, 5.41) is 2.73. The largest absolute Gasteiger partial charge is 0.337 e. The molecule has 2 aromatic rings. The molecule has 3 rings (SSSR count). The second-order valence-electron chi connectivity index (χ2n) is 7.05. The molecule has 28 heavy (non-hydrogen) atoms. The smallest absolute Gasteiger partial charge is 0.270 e. The Kier molecular flexibility index (Phi) is 6.62. The lowest BCUT2D eigenvalue weighted by atomic mass is 10.00. The predicted molar refractivity (Wildman–Crippen MR) is 111 cm³/mol. The second-order valence-corrected chi connectivity index (χ2v) is 7.90. The van der Waals surface area contributed by atoms with E-state index in [4.69, 9.17) is 0 Å². The second kappa shape index (κ2) is 9.15. The van der Waals surface area contributed by atoms with Crippen molar-refractivity contribution in [2.75, 3.05) is 13.1 Å². The lowest BCUT2D eigenvalue weighted by Crippen LogP contribution is -2.43. The van der Waals surface area contributed by atoms with E-state index in [0.717, 1.165) is 12.8 Å². The number of piperidine rings is 1. The average molecular weight is 445 g/mol. The number of nitrogens with one attached hydrogen (secondary N) is 1. The Hall–Kier alpha value is -2.47. The number of likely N-dealkylation sites (tertiary alicyclic amines) is 1. The van der Waals surface area contributed by atoms with Crippen LogP contribution in [0.15, 0.2) is 58.7 Å². The first kappa shape index (κ1) is 20.3. The molecule has 4 nitrogen and oxygen atoms in total. The Bertz CT molecular complexity index is 913. The summed E-state index contributed by atoms with van der Waals surface area (Å²) in [5.74, 6) is -0.638. The van der Waals surface area contributed by atoms with Crippen LogP contribution in [0.25, 0.3) is 6.08 Å². The Morgan fingerprint density at radius 1 is 1.21 bits per heavy atom. The Labute approximate surface area is 172 Å². The molecule has 0 radical (unpaired) electrons. The van der Waals surface area contributed by atoms with Crippen LogP contribution in [0.5, 0.6) is 0 Å². The van der Waals surface area contributed by atoms with Crippen LogP contribution in [0.4, 0.5) is 4.39 Å². The zero-order chi connectivity index (χ0) is 20.1. The molecule has 1 heterocycles. The summed E-state index contributed by atoms with van der Waals surface area (Å²) in [6, 6.07) is 12.9. The van der Waals surface area contributed by atoms with Gasteiger partial charge in [-0.3, -0.25) is 9.59 Å². The standard InChI is InChI=1S/C22H22BrFN2O2/c1-15-6-5-11-26(14-15)22(28)20(13-16-7-4-8-17(24)12-16)25-21(27)18-9-2-3-10-19(18)23/h2-4,7-10,12-13,15H,5-6,11,14H2,1H3,(H,25,27)/b20-13+. The van der Waals surface area contributed by atoms with Gasteiger partial charge in [-0.15, -0.1) is 0 Å². The number of carbonyl (C=O) groups excluding carboxylic acids is 2. The molecule has 1 N–H and O–H groups in total. The Morgan fingerprint density at radius 2 is 2.00 bits per heavy atom. The fraction of sp³-hybridized carbons (Fsp3) is 0.273. The summed E-state index contributed by atoms with van der Waals surface area (Å²) < 4.78 is 14.2. The van der Waals surface area contributed by atoms with Crippen molar-refractivity contribution in [3.63, 3.8) is 0 Å². The van der Waals surface area contributed by atoms with Crippen LogP contribution < -0.4 is 5.32 Å². The van der Waals surface area contributed by atoms with Crippen LogP contribution in [0, 0.1) is 11.7 Å². The van der Waals surface area contributed by atoms with Crippen LogP contribution >= 0.6 is 15.9 Å². The van der Waals surface area contributed by atoms with Crippen LogP contribution in [0.3, 0.4) is 0 Å². The Morgan fingerprint density at radius 3 is 2.71 bits per heavy atom. The van der Waals surface area contributed by atoms with Gasteiger partial charge in [-0.2, -0.15) is 0 Å². The van der Waals surface area contributed by atoms with E-state index in [2.05, 4.69) is 28.2 Å². The predicted octanol–water partition coefficient (Wildman–Crippen LogP) is 4.62. The maximum absolute atomic E-state index is 13.6. The SMILES string of the molecule is CC1CCCN(C(=O)/C(=C\c2cccc(F)c2)NC(=O)c2ccccc2Br)C1. The van der Waals surface area contributed by atoms with E-state index in [-0.39, 0.29) is 11.6 Å². The lowest BCUT2D eigenvalue weighted by Gasteiger charge is -2.31. The summed E-state index contributed by atoms with van der Waals surface area (Å²) in [5.41, 5.74) is 1.08. The summed E-state index contributed by atoms with van der Waals surface area (Å²) in [7, 11) is 0. The summed E-state index contributed by atoms with van der Waals surface area (Å²) in [4.78, 5) is 27.6. The quantitative estimate of drug-likeness (QED) is 0.699.